The molecule has 0 bridgehead atoms. The van der Waals surface area contributed by atoms with Gasteiger partial charge in [-0.05, 0) is 37.3 Å². The van der Waals surface area contributed by atoms with E-state index in [4.69, 9.17) is 9.47 Å². The first kappa shape index (κ1) is 22.6. The summed E-state index contributed by atoms with van der Waals surface area (Å²) in [6.07, 6.45) is 1.09. The van der Waals surface area contributed by atoms with Gasteiger partial charge in [0.05, 0.1) is 21.7 Å². The van der Waals surface area contributed by atoms with Crippen LogP contribution in [0.5, 0.6) is 5.75 Å². The Balaban J connectivity index is 1.98. The number of aromatic nitrogens is 1. The van der Waals surface area contributed by atoms with Gasteiger partial charge in [-0.2, -0.15) is 4.99 Å². The van der Waals surface area contributed by atoms with Crippen molar-refractivity contribution in [1.82, 2.24) is 4.57 Å². The van der Waals surface area contributed by atoms with Crippen LogP contribution in [-0.4, -0.2) is 44.3 Å². The highest BCUT2D eigenvalue weighted by Gasteiger charge is 2.15. The number of nitrogens with zero attached hydrogens (tertiary/aromatic N) is 2. The first-order valence-corrected chi connectivity index (χ1v) is 11.8. The van der Waals surface area contributed by atoms with Crippen LogP contribution in [0.25, 0.3) is 10.2 Å². The number of hydrogen-bond donors (Lipinski definition) is 0. The molecule has 3 aromatic rings. The summed E-state index contributed by atoms with van der Waals surface area (Å²) in [4.78, 5) is 28.6. The minimum absolute atomic E-state index is 0.0837. The van der Waals surface area contributed by atoms with Crippen LogP contribution in [0.2, 0.25) is 0 Å². The third-order valence-corrected chi connectivity index (χ3v) is 6.23. The van der Waals surface area contributed by atoms with Gasteiger partial charge in [0, 0.05) is 6.26 Å². The second-order valence-corrected chi connectivity index (χ2v) is 9.43. The third-order valence-electron chi connectivity index (χ3n) is 4.08. The molecule has 0 aliphatic rings. The lowest BCUT2D eigenvalue weighted by Crippen LogP contribution is -2.24. The maximum Gasteiger partial charge on any atom is 0.326 e. The predicted octanol–water partition coefficient (Wildman–Crippen LogP) is 2.31. The molecule has 2 aromatic carbocycles. The second kappa shape index (κ2) is 9.40. The Morgan fingerprint density at radius 2 is 1.94 bits per heavy atom. The van der Waals surface area contributed by atoms with E-state index < -0.39 is 34.1 Å². The molecule has 11 heteroatoms. The normalized spacial score (nSPS) is 12.2. The number of rotatable bonds is 7. The maximum atomic E-state index is 13.7. The molecule has 0 saturated carbocycles. The summed E-state index contributed by atoms with van der Waals surface area (Å²) < 4.78 is 49.5. The van der Waals surface area contributed by atoms with E-state index in [9.17, 15) is 22.4 Å². The van der Waals surface area contributed by atoms with Crippen molar-refractivity contribution in [3.8, 4) is 5.75 Å². The number of amides is 1. The fraction of sp³-hybridized carbons (Fsp3) is 0.250. The average Bonchev–Trinajstić information content (AvgIpc) is 3.03. The summed E-state index contributed by atoms with van der Waals surface area (Å²) in [7, 11) is -3.44. The Bertz CT molecular complexity index is 1310. The number of carbonyl (C=O) groups is 2. The molecule has 0 fully saturated rings. The second-order valence-electron chi connectivity index (χ2n) is 6.40. The molecular weight excluding hydrogens is 447 g/mol. The fourth-order valence-corrected chi connectivity index (χ4v) is 4.51. The minimum Gasteiger partial charge on any atom is -0.481 e. The van der Waals surface area contributed by atoms with Crippen molar-refractivity contribution in [3.05, 3.63) is 53.1 Å². The Labute approximate surface area is 181 Å². The molecule has 164 valence electrons. The molecule has 1 aromatic heterocycles. The Kier molecular flexibility index (Phi) is 6.86. The van der Waals surface area contributed by atoms with Crippen LogP contribution in [0.1, 0.15) is 6.92 Å². The summed E-state index contributed by atoms with van der Waals surface area (Å²) in [5, 5.41) is 0. The zero-order valence-corrected chi connectivity index (χ0v) is 18.3. The highest BCUT2D eigenvalue weighted by molar-refractivity contribution is 7.90. The predicted molar refractivity (Wildman–Crippen MR) is 112 cm³/mol. The van der Waals surface area contributed by atoms with Crippen molar-refractivity contribution in [3.63, 3.8) is 0 Å². The van der Waals surface area contributed by atoms with Gasteiger partial charge in [-0.25, -0.2) is 12.8 Å². The van der Waals surface area contributed by atoms with E-state index in [2.05, 4.69) is 4.99 Å². The molecule has 1 amide bonds. The first-order chi connectivity index (χ1) is 14.7. The number of halogens is 1. The van der Waals surface area contributed by atoms with E-state index in [1.165, 1.54) is 34.9 Å². The zero-order chi connectivity index (χ0) is 22.6. The number of sulfone groups is 1. The van der Waals surface area contributed by atoms with Crippen LogP contribution in [0.3, 0.4) is 0 Å². The highest BCUT2D eigenvalue weighted by atomic mass is 32.2. The zero-order valence-electron chi connectivity index (χ0n) is 16.7. The number of thiazole rings is 1. The van der Waals surface area contributed by atoms with Crippen LogP contribution >= 0.6 is 11.3 Å². The van der Waals surface area contributed by atoms with Crippen molar-refractivity contribution in [2.24, 2.45) is 4.99 Å². The Hall–Kier alpha value is -3.05. The van der Waals surface area contributed by atoms with Gasteiger partial charge in [-0.3, -0.25) is 9.59 Å². The van der Waals surface area contributed by atoms with Crippen molar-refractivity contribution in [1.29, 1.82) is 0 Å². The third kappa shape index (κ3) is 5.56. The quantitative estimate of drug-likeness (QED) is 0.495. The standard InChI is InChI=1S/C20H19FN2O6S2/c1-3-28-19(25)11-23-15-9-8-13(31(2,26)27)10-17(15)30-20(23)22-18(24)12-29-16-7-5-4-6-14(16)21/h4-10H,3,11-12H2,1-2H3. The SMILES string of the molecule is CCOC(=O)Cn1c(=NC(=O)COc2ccccc2F)sc2cc(S(C)(=O)=O)ccc21. The highest BCUT2D eigenvalue weighted by Crippen LogP contribution is 2.22. The molecule has 1 heterocycles. The van der Waals surface area contributed by atoms with Crippen LogP contribution < -0.4 is 9.54 Å². The fourth-order valence-electron chi connectivity index (χ4n) is 2.70. The van der Waals surface area contributed by atoms with Gasteiger partial charge < -0.3 is 14.0 Å². The molecule has 0 spiro atoms. The van der Waals surface area contributed by atoms with E-state index in [0.29, 0.717) is 10.2 Å². The summed E-state index contributed by atoms with van der Waals surface area (Å²) >= 11 is 1.04. The van der Waals surface area contributed by atoms with Crippen molar-refractivity contribution < 1.29 is 31.9 Å². The molecule has 0 aliphatic heterocycles. The summed E-state index contributed by atoms with van der Waals surface area (Å²) in [6.45, 7) is 1.12. The number of ether oxygens (including phenoxy) is 2. The van der Waals surface area contributed by atoms with Crippen LogP contribution in [0, 0.1) is 5.82 Å². The summed E-state index contributed by atoms with van der Waals surface area (Å²) in [6, 6.07) is 10.1. The van der Waals surface area contributed by atoms with E-state index in [-0.39, 0.29) is 28.6 Å². The van der Waals surface area contributed by atoms with Gasteiger partial charge in [0.25, 0.3) is 5.91 Å². The van der Waals surface area contributed by atoms with Crippen molar-refractivity contribution >= 4 is 43.3 Å². The largest absolute Gasteiger partial charge is 0.481 e. The molecule has 0 N–H and O–H groups in total. The monoisotopic (exact) mass is 466 g/mol. The van der Waals surface area contributed by atoms with E-state index in [1.54, 1.807) is 19.1 Å². The van der Waals surface area contributed by atoms with Gasteiger partial charge in [0.2, 0.25) is 0 Å². The molecule has 0 radical (unpaired) electrons. The van der Waals surface area contributed by atoms with Gasteiger partial charge >= 0.3 is 5.97 Å². The van der Waals surface area contributed by atoms with E-state index >= 15 is 0 Å². The van der Waals surface area contributed by atoms with Crippen LogP contribution in [0.15, 0.2) is 52.4 Å². The topological polar surface area (TPSA) is 104 Å². The smallest absolute Gasteiger partial charge is 0.326 e. The lowest BCUT2D eigenvalue weighted by Gasteiger charge is -2.06. The van der Waals surface area contributed by atoms with Crippen molar-refractivity contribution in [2.75, 3.05) is 19.5 Å². The number of benzene rings is 2. The number of fused-ring (bicyclic) bond motifs is 1. The Morgan fingerprint density at radius 1 is 1.19 bits per heavy atom. The minimum atomic E-state index is -3.44. The molecule has 0 atom stereocenters. The molecular formula is C20H19FN2O6S2. The Morgan fingerprint density at radius 3 is 2.61 bits per heavy atom. The van der Waals surface area contributed by atoms with Gasteiger partial charge in [0.15, 0.2) is 32.8 Å². The van der Waals surface area contributed by atoms with Crippen molar-refractivity contribution in [2.45, 2.75) is 18.4 Å². The molecule has 0 unspecified atom stereocenters. The van der Waals surface area contributed by atoms with Gasteiger partial charge in [-0.1, -0.05) is 23.5 Å². The van der Waals surface area contributed by atoms with Gasteiger partial charge in [-0.15, -0.1) is 0 Å². The molecule has 8 nitrogen and oxygen atoms in total. The number of hydrogen-bond acceptors (Lipinski definition) is 7. The number of para-hydroxylation sites is 1. The van der Waals surface area contributed by atoms with E-state index in [0.717, 1.165) is 17.6 Å². The maximum absolute atomic E-state index is 13.7. The van der Waals surface area contributed by atoms with E-state index in [1.807, 2.05) is 0 Å². The first-order valence-electron chi connectivity index (χ1n) is 9.13. The number of esters is 1. The lowest BCUT2D eigenvalue weighted by molar-refractivity contribution is -0.143. The number of carbonyl (C=O) groups excluding carboxylic acids is 2. The van der Waals surface area contributed by atoms with Gasteiger partial charge in [0.1, 0.15) is 6.54 Å². The summed E-state index contributed by atoms with van der Waals surface area (Å²) in [5.41, 5.74) is 0.520. The molecule has 31 heavy (non-hydrogen) atoms. The van der Waals surface area contributed by atoms with Crippen LogP contribution in [0.4, 0.5) is 4.39 Å². The summed E-state index contributed by atoms with van der Waals surface area (Å²) in [5.74, 6) is -1.93. The lowest BCUT2D eigenvalue weighted by atomic mass is 10.3. The molecule has 3 rings (SSSR count). The average molecular weight is 467 g/mol. The van der Waals surface area contributed by atoms with Crippen LogP contribution in [-0.2, 0) is 30.7 Å². The molecule has 0 aliphatic carbocycles. The molecule has 0 saturated heterocycles.